The summed E-state index contributed by atoms with van der Waals surface area (Å²) in [6, 6.07) is -2.74. The van der Waals surface area contributed by atoms with Gasteiger partial charge in [-0.25, -0.2) is 0 Å². The Hall–Kier alpha value is -3.60. The van der Waals surface area contributed by atoms with Gasteiger partial charge in [0.1, 0.15) is 0 Å². The lowest BCUT2D eigenvalue weighted by molar-refractivity contribution is -0.141. The normalized spacial score (nSPS) is 15.4. The van der Waals surface area contributed by atoms with E-state index in [0.29, 0.717) is 25.7 Å². The minimum atomic E-state index is -1.36. The van der Waals surface area contributed by atoms with E-state index in [0.717, 1.165) is 44.9 Å². The van der Waals surface area contributed by atoms with Gasteiger partial charge in [0.15, 0.2) is 11.6 Å². The summed E-state index contributed by atoms with van der Waals surface area (Å²) in [6.45, 7) is 4.28. The highest BCUT2D eigenvalue weighted by molar-refractivity contribution is 6.42. The van der Waals surface area contributed by atoms with Crippen molar-refractivity contribution in [3.05, 3.63) is 0 Å². The number of ketones is 4. The first-order valence-corrected chi connectivity index (χ1v) is 17.5. The molecule has 0 fully saturated rings. The Bertz CT molecular complexity index is 1180. The number of hydrogen-bond donors (Lipinski definition) is 8. The van der Waals surface area contributed by atoms with Gasteiger partial charge in [0.2, 0.25) is 29.3 Å². The van der Waals surface area contributed by atoms with Crippen molar-refractivity contribution in [2.45, 2.75) is 153 Å². The maximum absolute atomic E-state index is 13.2. The number of Topliss-reactive ketones (excluding diaryl/α,β-unsaturated/α-hetero) is 4. The van der Waals surface area contributed by atoms with E-state index in [1.165, 1.54) is 6.92 Å². The van der Waals surface area contributed by atoms with Gasteiger partial charge in [-0.15, -0.1) is 0 Å². The number of nitrogens with one attached hydrogen (secondary N) is 3. The second-order valence-electron chi connectivity index (χ2n) is 13.6. The van der Waals surface area contributed by atoms with Gasteiger partial charge in [-0.05, 0) is 53.5 Å². The van der Waals surface area contributed by atoms with E-state index in [4.69, 9.17) is 28.0 Å². The van der Waals surface area contributed by atoms with Gasteiger partial charge < -0.3 is 44.0 Å². The third-order valence-corrected chi connectivity index (χ3v) is 8.86. The number of nitrogens with two attached hydrogens (primary N) is 4. The quantitative estimate of drug-likeness (QED) is 0.0278. The lowest BCUT2D eigenvalue weighted by Gasteiger charge is -2.30. The van der Waals surface area contributed by atoms with Gasteiger partial charge in [0.05, 0.1) is 42.2 Å². The first kappa shape index (κ1) is 46.4. The molecular formula is C34H61N7O9. The minimum absolute atomic E-state index is 0.0275. The Morgan fingerprint density at radius 3 is 1.76 bits per heavy atom. The summed E-state index contributed by atoms with van der Waals surface area (Å²) in [4.78, 5) is 97.1. The fourth-order valence-electron chi connectivity index (χ4n) is 5.20. The zero-order valence-electron chi connectivity index (χ0n) is 30.3. The maximum Gasteiger partial charge on any atom is 0.303 e. The summed E-state index contributed by atoms with van der Waals surface area (Å²) in [7, 11) is 1.61. The largest absolute Gasteiger partial charge is 0.481 e. The fourth-order valence-corrected chi connectivity index (χ4v) is 5.20. The molecule has 16 heteroatoms. The monoisotopic (exact) mass is 711 g/mol. The van der Waals surface area contributed by atoms with Gasteiger partial charge in [-0.2, -0.15) is 0 Å². The van der Waals surface area contributed by atoms with Crippen LogP contribution >= 0.6 is 0 Å². The first-order valence-electron chi connectivity index (χ1n) is 17.5. The molecule has 0 aliphatic heterocycles. The molecule has 0 aromatic rings. The van der Waals surface area contributed by atoms with Crippen LogP contribution in [0.4, 0.5) is 0 Å². The molecule has 0 heterocycles. The van der Waals surface area contributed by atoms with Crippen LogP contribution in [0.1, 0.15) is 124 Å². The van der Waals surface area contributed by atoms with Crippen molar-refractivity contribution in [3.63, 3.8) is 0 Å². The summed E-state index contributed by atoms with van der Waals surface area (Å²) in [5.41, 5.74) is 19.9. The summed E-state index contributed by atoms with van der Waals surface area (Å²) in [5.74, 6) is -5.31. The molecule has 0 radical (unpaired) electrons. The molecule has 12 N–H and O–H groups in total. The molecule has 0 saturated heterocycles. The number of carboxylic acid groups (broad SMARTS) is 1. The van der Waals surface area contributed by atoms with Gasteiger partial charge >= 0.3 is 5.97 Å². The highest BCUT2D eigenvalue weighted by Gasteiger charge is 2.37. The predicted molar refractivity (Wildman–Crippen MR) is 187 cm³/mol. The van der Waals surface area contributed by atoms with Crippen LogP contribution in [-0.4, -0.2) is 94.7 Å². The molecule has 3 amide bonds. The van der Waals surface area contributed by atoms with E-state index < -0.39 is 76.8 Å². The number of likely N-dealkylation sites (N-methyl/N-ethyl adjacent to an activating group) is 1. The molecule has 50 heavy (non-hydrogen) atoms. The van der Waals surface area contributed by atoms with Crippen LogP contribution in [0.5, 0.6) is 0 Å². The van der Waals surface area contributed by atoms with Crippen LogP contribution in [0.3, 0.4) is 0 Å². The van der Waals surface area contributed by atoms with Gasteiger partial charge in [0, 0.05) is 12.8 Å². The second kappa shape index (κ2) is 23.7. The topological polar surface area (TPSA) is 297 Å². The zero-order valence-corrected chi connectivity index (χ0v) is 30.3. The lowest BCUT2D eigenvalue weighted by atomic mass is 9.86. The van der Waals surface area contributed by atoms with Crippen LogP contribution in [0.15, 0.2) is 0 Å². The highest BCUT2D eigenvalue weighted by atomic mass is 16.4. The van der Waals surface area contributed by atoms with Gasteiger partial charge in [0.25, 0.3) is 0 Å². The third kappa shape index (κ3) is 19.0. The summed E-state index contributed by atoms with van der Waals surface area (Å²) < 4.78 is 0. The number of carbonyl (C=O) groups excluding carboxylic acids is 7. The number of unbranched alkanes of at least 4 members (excludes halogenated alkanes) is 8. The standard InChI is InChI=1S/C34H61N7O9/c1-22(39-4)25(42)20-26(43)34(3,41-28(45)21-40-32(50)24(36)14-16-27(37)44)19-13-11-9-7-5-6-8-10-12-18-33(2,38)31(49)30(48)23(35)15-17-29(46)47/h22-24,39H,5-21,35-36,38H2,1-4H3,(H2,37,44)(H,40,50)(H,41,45)(H,46,47)/t22-,23-,24-,33+,34-/m0/s1. The van der Waals surface area contributed by atoms with Crippen molar-refractivity contribution < 1.29 is 43.5 Å². The Morgan fingerprint density at radius 2 is 1.26 bits per heavy atom. The van der Waals surface area contributed by atoms with E-state index in [9.17, 15) is 38.4 Å². The fraction of sp³-hybridized carbons (Fsp3) is 0.765. The summed E-state index contributed by atoms with van der Waals surface area (Å²) >= 11 is 0. The van der Waals surface area contributed by atoms with Crippen molar-refractivity contribution in [1.29, 1.82) is 0 Å². The van der Waals surface area contributed by atoms with Crippen LogP contribution in [0.2, 0.25) is 0 Å². The molecule has 0 aromatic carbocycles. The molecule has 0 bridgehead atoms. The number of rotatable bonds is 30. The van der Waals surface area contributed by atoms with E-state index in [1.54, 1.807) is 20.9 Å². The van der Waals surface area contributed by atoms with Crippen molar-refractivity contribution in [1.82, 2.24) is 16.0 Å². The molecular weight excluding hydrogens is 650 g/mol. The highest BCUT2D eigenvalue weighted by Crippen LogP contribution is 2.21. The Morgan fingerprint density at radius 1 is 0.760 bits per heavy atom. The van der Waals surface area contributed by atoms with E-state index in [2.05, 4.69) is 16.0 Å². The van der Waals surface area contributed by atoms with Crippen LogP contribution in [0, 0.1) is 0 Å². The number of primary amides is 1. The van der Waals surface area contributed by atoms with Crippen molar-refractivity contribution >= 4 is 46.8 Å². The molecule has 0 spiro atoms. The molecule has 0 aliphatic rings. The van der Waals surface area contributed by atoms with Crippen LogP contribution in [-0.2, 0) is 38.4 Å². The van der Waals surface area contributed by atoms with Crippen LogP contribution < -0.4 is 38.9 Å². The van der Waals surface area contributed by atoms with E-state index >= 15 is 0 Å². The smallest absolute Gasteiger partial charge is 0.303 e. The molecule has 0 unspecified atom stereocenters. The first-order chi connectivity index (χ1) is 23.3. The van der Waals surface area contributed by atoms with Gasteiger partial charge in [-0.1, -0.05) is 57.8 Å². The Kier molecular flexibility index (Phi) is 22.0. The number of carbonyl (C=O) groups is 8. The predicted octanol–water partition coefficient (Wildman–Crippen LogP) is 0.0453. The van der Waals surface area contributed by atoms with Crippen molar-refractivity contribution in [3.8, 4) is 0 Å². The molecule has 5 atom stereocenters. The molecule has 0 aliphatic carbocycles. The third-order valence-electron chi connectivity index (χ3n) is 8.86. The second-order valence-corrected chi connectivity index (χ2v) is 13.6. The van der Waals surface area contributed by atoms with Crippen molar-refractivity contribution in [2.24, 2.45) is 22.9 Å². The van der Waals surface area contributed by atoms with E-state index in [1.807, 2.05) is 0 Å². The SMILES string of the molecule is CN[C@@H](C)C(=O)CC(=O)[C@](C)(CCCCCCCCCCC[C@@](C)(N)C(=O)C(=O)[C@@H](N)CCC(=O)O)NC(=O)CNC(=O)[C@@H](N)CCC(N)=O. The van der Waals surface area contributed by atoms with Crippen molar-refractivity contribution in [2.75, 3.05) is 13.6 Å². The Balaban J connectivity index is 4.71. The lowest BCUT2D eigenvalue weighted by Crippen LogP contribution is -2.56. The molecule has 0 rings (SSSR count). The average Bonchev–Trinajstić information content (AvgIpc) is 3.05. The van der Waals surface area contributed by atoms with Gasteiger partial charge in [-0.3, -0.25) is 38.4 Å². The number of hydrogen-bond acceptors (Lipinski definition) is 12. The summed E-state index contributed by atoms with van der Waals surface area (Å²) in [6.07, 6.45) is 7.35. The summed E-state index contributed by atoms with van der Waals surface area (Å²) in [5, 5.41) is 16.7. The zero-order chi connectivity index (χ0) is 38.5. The maximum atomic E-state index is 13.2. The Labute approximate surface area is 295 Å². The molecule has 0 saturated carbocycles. The molecule has 16 nitrogen and oxygen atoms in total. The number of amides is 3. The van der Waals surface area contributed by atoms with Crippen LogP contribution in [0.25, 0.3) is 0 Å². The van der Waals surface area contributed by atoms with E-state index in [-0.39, 0.29) is 37.9 Å². The average molecular weight is 712 g/mol. The minimum Gasteiger partial charge on any atom is -0.481 e. The number of carboxylic acids is 1. The molecule has 286 valence electrons. The number of aliphatic carboxylic acids is 1. The molecule has 0 aromatic heterocycles.